The van der Waals surface area contributed by atoms with Gasteiger partial charge in [-0.05, 0) is 54.8 Å². The maximum atomic E-state index is 15.5. The first-order valence-electron chi connectivity index (χ1n) is 20.6. The molecule has 2 saturated carbocycles. The number of halogens is 1. The topological polar surface area (TPSA) is 221 Å². The molecule has 1 amide bonds. The standard InChI is InChI=1S/C47H50FNO14/c1-25-30(61-43(57)36(53)35(27-15-9-6-10-16-27)49-41(55)28-17-11-7-12-18-28)22-47(58)40(62-42(56)29-19-13-8-14-20-29)38-45(5,39(54)37(60-26(2)50)34(25)44(47,3)4)31(51)21-32-46(38,24-59-32)63-33(52)23-48/h6-20,30-32,35-38,40,51,53,58H,21-24H2,1-5H3,(H,49,55)/t30-,31-,32+,35-,36+,37+,38-,40-,45+,46-,47+/m0/s1. The Bertz CT molecular complexity index is 2310. The third-order valence-corrected chi connectivity index (χ3v) is 13.6. The summed E-state index contributed by atoms with van der Waals surface area (Å²) in [5, 5.41) is 40.2. The first-order valence-corrected chi connectivity index (χ1v) is 20.6. The van der Waals surface area contributed by atoms with Gasteiger partial charge in [0, 0.05) is 30.7 Å². The van der Waals surface area contributed by atoms with Crippen LogP contribution in [0, 0.1) is 16.7 Å². The number of amides is 1. The molecule has 3 aliphatic carbocycles. The Morgan fingerprint density at radius 2 is 1.48 bits per heavy atom. The van der Waals surface area contributed by atoms with Crippen LogP contribution in [-0.4, -0.2) is 112 Å². The minimum Gasteiger partial charge on any atom is -0.456 e. The van der Waals surface area contributed by atoms with E-state index in [1.807, 2.05) is 0 Å². The molecular weight excluding hydrogens is 822 g/mol. The van der Waals surface area contributed by atoms with Crippen LogP contribution in [0.1, 0.15) is 79.8 Å². The molecule has 3 fully saturated rings. The fourth-order valence-electron chi connectivity index (χ4n) is 10.2. The number of carbonyl (C=O) groups is 6. The number of ketones is 1. The van der Waals surface area contributed by atoms with Crippen LogP contribution in [0.2, 0.25) is 0 Å². The largest absolute Gasteiger partial charge is 0.456 e. The van der Waals surface area contributed by atoms with E-state index in [1.54, 1.807) is 78.9 Å². The highest BCUT2D eigenvalue weighted by atomic mass is 19.1. The van der Waals surface area contributed by atoms with Gasteiger partial charge in [0.25, 0.3) is 5.91 Å². The number of benzene rings is 3. The van der Waals surface area contributed by atoms with Crippen molar-refractivity contribution in [2.24, 2.45) is 16.7 Å². The van der Waals surface area contributed by atoms with Crippen molar-refractivity contribution in [2.45, 2.75) is 101 Å². The van der Waals surface area contributed by atoms with Gasteiger partial charge in [-0.2, -0.15) is 0 Å². The number of aliphatic hydroxyl groups is 3. The zero-order valence-electron chi connectivity index (χ0n) is 35.3. The number of aliphatic hydroxyl groups excluding tert-OH is 2. The van der Waals surface area contributed by atoms with Gasteiger partial charge in [0.15, 0.2) is 30.3 Å². The molecular formula is C47H50FNO14. The minimum atomic E-state index is -2.49. The SMILES string of the molecule is CC(=O)O[C@H]1C(=O)[C@@]2(C)[C@H]([C@H](OC(=O)c3ccccc3)[C@]3(O)C[C@H](OC(=O)[C@H](O)[C@@H](NC(=O)c4ccccc4)c4ccccc4)C(C)=C1C3(C)C)[C@]1(OC(=O)CF)CO[C@@H]1C[C@@H]2O. The first kappa shape index (κ1) is 45.2. The van der Waals surface area contributed by atoms with Crippen molar-refractivity contribution >= 4 is 35.6 Å². The van der Waals surface area contributed by atoms with Crippen molar-refractivity contribution in [3.05, 3.63) is 119 Å². The van der Waals surface area contributed by atoms with Gasteiger partial charge >= 0.3 is 23.9 Å². The van der Waals surface area contributed by atoms with Gasteiger partial charge in [-0.3, -0.25) is 14.4 Å². The maximum absolute atomic E-state index is 15.5. The molecule has 0 aromatic heterocycles. The highest BCUT2D eigenvalue weighted by molar-refractivity contribution is 5.96. The Kier molecular flexibility index (Phi) is 12.2. The van der Waals surface area contributed by atoms with Gasteiger partial charge in [-0.15, -0.1) is 0 Å². The average Bonchev–Trinajstić information content (AvgIpc) is 3.26. The minimum absolute atomic E-state index is 0.0118. The summed E-state index contributed by atoms with van der Waals surface area (Å²) in [4.78, 5) is 83.4. The van der Waals surface area contributed by atoms with Crippen molar-refractivity contribution in [3.8, 4) is 0 Å². The number of fused-ring (bicyclic) bond motifs is 5. The van der Waals surface area contributed by atoms with Crippen molar-refractivity contribution in [3.63, 3.8) is 0 Å². The lowest BCUT2D eigenvalue weighted by Gasteiger charge is -2.67. The highest BCUT2D eigenvalue weighted by Gasteiger charge is 2.78. The van der Waals surface area contributed by atoms with Gasteiger partial charge < -0.3 is 44.3 Å². The lowest BCUT2D eigenvalue weighted by atomic mass is 9.44. The Labute approximate surface area is 362 Å². The van der Waals surface area contributed by atoms with E-state index in [9.17, 15) is 43.7 Å². The van der Waals surface area contributed by atoms with Gasteiger partial charge in [0.1, 0.15) is 23.9 Å². The molecule has 4 N–H and O–H groups in total. The molecule has 0 radical (unpaired) electrons. The van der Waals surface area contributed by atoms with Gasteiger partial charge in [-0.25, -0.2) is 18.8 Å². The Hall–Kier alpha value is -5.81. The molecule has 3 aromatic carbocycles. The molecule has 1 saturated heterocycles. The number of ether oxygens (including phenoxy) is 5. The van der Waals surface area contributed by atoms with Crippen LogP contribution in [0.3, 0.4) is 0 Å². The number of Topliss-reactive ketones (excluding diaryl/α,β-unsaturated/α-hetero) is 1. The molecule has 63 heavy (non-hydrogen) atoms. The number of hydrogen-bond acceptors (Lipinski definition) is 14. The van der Waals surface area contributed by atoms with Gasteiger partial charge in [0.2, 0.25) is 0 Å². The second kappa shape index (κ2) is 17.1. The predicted molar refractivity (Wildman–Crippen MR) is 218 cm³/mol. The fraction of sp³-hybridized carbons (Fsp3) is 0.447. The second-order valence-corrected chi connectivity index (χ2v) is 17.4. The summed E-state index contributed by atoms with van der Waals surface area (Å²) < 4.78 is 43.9. The van der Waals surface area contributed by atoms with E-state index in [2.05, 4.69) is 5.32 Å². The normalized spacial score (nSPS) is 31.5. The van der Waals surface area contributed by atoms with Crippen molar-refractivity contribution in [1.29, 1.82) is 0 Å². The predicted octanol–water partition coefficient (Wildman–Crippen LogP) is 3.69. The Balaban J connectivity index is 1.39. The van der Waals surface area contributed by atoms with E-state index < -0.39 is 126 Å². The molecule has 334 valence electrons. The van der Waals surface area contributed by atoms with Gasteiger partial charge in [0.05, 0.1) is 35.6 Å². The average molecular weight is 872 g/mol. The summed E-state index contributed by atoms with van der Waals surface area (Å²) in [5.41, 5.74) is -7.76. The zero-order chi connectivity index (χ0) is 45.6. The number of hydrogen-bond donors (Lipinski definition) is 4. The molecule has 0 spiro atoms. The van der Waals surface area contributed by atoms with E-state index in [0.29, 0.717) is 5.56 Å². The molecule has 11 atom stereocenters. The van der Waals surface area contributed by atoms with Crippen LogP contribution in [-0.2, 0) is 42.9 Å². The van der Waals surface area contributed by atoms with Crippen molar-refractivity contribution < 1.29 is 72.2 Å². The maximum Gasteiger partial charge on any atom is 0.338 e. The zero-order valence-corrected chi connectivity index (χ0v) is 35.3. The molecule has 7 rings (SSSR count). The van der Waals surface area contributed by atoms with E-state index in [0.717, 1.165) is 6.92 Å². The molecule has 16 heteroatoms. The smallest absolute Gasteiger partial charge is 0.338 e. The monoisotopic (exact) mass is 871 g/mol. The van der Waals surface area contributed by atoms with E-state index >= 15 is 4.79 Å². The molecule has 15 nitrogen and oxygen atoms in total. The molecule has 4 aliphatic rings. The van der Waals surface area contributed by atoms with Crippen LogP contribution in [0.15, 0.2) is 102 Å². The number of nitrogens with one attached hydrogen (secondary N) is 1. The van der Waals surface area contributed by atoms with Crippen LogP contribution < -0.4 is 5.32 Å². The Morgan fingerprint density at radius 1 is 0.889 bits per heavy atom. The van der Waals surface area contributed by atoms with Crippen LogP contribution in [0.5, 0.6) is 0 Å². The number of carbonyl (C=O) groups excluding carboxylic acids is 6. The van der Waals surface area contributed by atoms with Crippen molar-refractivity contribution in [2.75, 3.05) is 13.3 Å². The third-order valence-electron chi connectivity index (χ3n) is 13.6. The van der Waals surface area contributed by atoms with E-state index in [-0.39, 0.29) is 28.7 Å². The lowest BCUT2D eigenvalue weighted by molar-refractivity contribution is -0.346. The fourth-order valence-corrected chi connectivity index (χ4v) is 10.2. The molecule has 1 aliphatic heterocycles. The number of rotatable bonds is 11. The number of esters is 4. The van der Waals surface area contributed by atoms with E-state index in [4.69, 9.17) is 23.7 Å². The second-order valence-electron chi connectivity index (χ2n) is 17.4. The summed E-state index contributed by atoms with van der Waals surface area (Å²) in [6, 6.07) is 22.5. The first-order chi connectivity index (χ1) is 29.8. The van der Waals surface area contributed by atoms with Crippen LogP contribution in [0.25, 0.3) is 0 Å². The Morgan fingerprint density at radius 3 is 2.03 bits per heavy atom. The van der Waals surface area contributed by atoms with E-state index in [1.165, 1.54) is 39.8 Å². The molecule has 2 bridgehead atoms. The van der Waals surface area contributed by atoms with Crippen LogP contribution in [0.4, 0.5) is 4.39 Å². The molecule has 3 aromatic rings. The van der Waals surface area contributed by atoms with Crippen molar-refractivity contribution in [1.82, 2.24) is 5.32 Å². The summed E-state index contributed by atoms with van der Waals surface area (Å²) in [7, 11) is 0. The van der Waals surface area contributed by atoms with Crippen LogP contribution >= 0.6 is 0 Å². The molecule has 1 heterocycles. The lowest BCUT2D eigenvalue weighted by Crippen LogP contribution is -2.82. The summed E-state index contributed by atoms with van der Waals surface area (Å²) >= 11 is 0. The molecule has 0 unspecified atom stereocenters. The third kappa shape index (κ3) is 7.62. The summed E-state index contributed by atoms with van der Waals surface area (Å²) in [5.74, 6) is -7.85. The quantitative estimate of drug-likeness (QED) is 0.123. The number of alkyl halides is 1. The highest BCUT2D eigenvalue weighted by Crippen LogP contribution is 2.64. The summed E-state index contributed by atoms with van der Waals surface area (Å²) in [6.07, 6.45) is -11.3. The van der Waals surface area contributed by atoms with Gasteiger partial charge in [-0.1, -0.05) is 80.6 Å². The summed E-state index contributed by atoms with van der Waals surface area (Å²) in [6.45, 7) is 4.80.